The second-order valence-corrected chi connectivity index (χ2v) is 6.08. The fourth-order valence-electron chi connectivity index (χ4n) is 2.61. The fraction of sp³-hybridized carbons (Fsp3) is 0.733. The van der Waals surface area contributed by atoms with Crippen molar-refractivity contribution in [1.29, 1.82) is 0 Å². The summed E-state index contributed by atoms with van der Waals surface area (Å²) in [6.07, 6.45) is 2.59. The van der Waals surface area contributed by atoms with E-state index in [1.807, 2.05) is 6.92 Å². The zero-order chi connectivity index (χ0) is 14.5. The summed E-state index contributed by atoms with van der Waals surface area (Å²) in [5, 5.41) is 3.39. The molecule has 0 amide bonds. The smallest absolute Gasteiger partial charge is 0.134 e. The minimum atomic E-state index is 0.754. The lowest BCUT2D eigenvalue weighted by Crippen LogP contribution is -2.35. The fourth-order valence-corrected chi connectivity index (χ4v) is 2.61. The van der Waals surface area contributed by atoms with Crippen LogP contribution in [0.3, 0.4) is 0 Å². The van der Waals surface area contributed by atoms with Crippen molar-refractivity contribution in [2.45, 2.75) is 26.7 Å². The molecule has 1 atom stereocenters. The summed E-state index contributed by atoms with van der Waals surface area (Å²) < 4.78 is 0. The van der Waals surface area contributed by atoms with Crippen LogP contribution in [-0.2, 0) is 0 Å². The molecule has 0 aliphatic carbocycles. The molecule has 112 valence electrons. The van der Waals surface area contributed by atoms with E-state index in [-0.39, 0.29) is 0 Å². The first-order chi connectivity index (χ1) is 9.54. The van der Waals surface area contributed by atoms with Crippen LogP contribution >= 0.6 is 0 Å². The number of piperidine rings is 1. The summed E-state index contributed by atoms with van der Waals surface area (Å²) in [5.74, 6) is 3.60. The molecular formula is C15H27N5. The van der Waals surface area contributed by atoms with Gasteiger partial charge in [0.1, 0.15) is 17.5 Å². The van der Waals surface area contributed by atoms with Gasteiger partial charge < -0.3 is 15.1 Å². The minimum absolute atomic E-state index is 0.754. The molecule has 0 radical (unpaired) electrons. The molecule has 2 heterocycles. The van der Waals surface area contributed by atoms with Crippen molar-refractivity contribution in [3.05, 3.63) is 11.9 Å². The molecule has 5 nitrogen and oxygen atoms in total. The Hall–Kier alpha value is -1.36. The van der Waals surface area contributed by atoms with Crippen molar-refractivity contribution in [2.24, 2.45) is 5.92 Å². The van der Waals surface area contributed by atoms with Gasteiger partial charge in [-0.05, 0) is 39.8 Å². The molecule has 1 saturated heterocycles. The molecule has 0 aromatic carbocycles. The third kappa shape index (κ3) is 4.34. The second kappa shape index (κ2) is 6.88. The Morgan fingerprint density at radius 2 is 2.20 bits per heavy atom. The number of nitrogens with one attached hydrogen (secondary N) is 1. The van der Waals surface area contributed by atoms with Crippen LogP contribution < -0.4 is 10.2 Å². The van der Waals surface area contributed by atoms with Gasteiger partial charge in [0.25, 0.3) is 0 Å². The molecule has 1 aromatic heterocycles. The van der Waals surface area contributed by atoms with Gasteiger partial charge >= 0.3 is 0 Å². The number of rotatable bonds is 5. The van der Waals surface area contributed by atoms with Gasteiger partial charge in [-0.25, -0.2) is 9.97 Å². The van der Waals surface area contributed by atoms with E-state index in [2.05, 4.69) is 52.2 Å². The van der Waals surface area contributed by atoms with Crippen molar-refractivity contribution < 1.29 is 0 Å². The topological polar surface area (TPSA) is 44.3 Å². The highest BCUT2D eigenvalue weighted by Crippen LogP contribution is 2.22. The van der Waals surface area contributed by atoms with Gasteiger partial charge in [-0.2, -0.15) is 0 Å². The summed E-state index contributed by atoms with van der Waals surface area (Å²) in [6, 6.07) is 2.08. The van der Waals surface area contributed by atoms with Crippen LogP contribution in [0.15, 0.2) is 6.07 Å². The number of nitrogens with zero attached hydrogens (tertiary/aromatic N) is 4. The van der Waals surface area contributed by atoms with Gasteiger partial charge in [-0.15, -0.1) is 0 Å². The molecule has 1 aliphatic heterocycles. The van der Waals surface area contributed by atoms with E-state index in [0.717, 1.165) is 49.6 Å². The van der Waals surface area contributed by atoms with Gasteiger partial charge in [-0.3, -0.25) is 0 Å². The molecule has 1 unspecified atom stereocenters. The molecule has 1 aliphatic rings. The lowest BCUT2D eigenvalue weighted by Gasteiger charge is -2.32. The Morgan fingerprint density at radius 1 is 1.40 bits per heavy atom. The first kappa shape index (κ1) is 15.0. The van der Waals surface area contributed by atoms with Gasteiger partial charge in [0, 0.05) is 32.2 Å². The highest BCUT2D eigenvalue weighted by atomic mass is 15.2. The Morgan fingerprint density at radius 3 is 2.90 bits per heavy atom. The van der Waals surface area contributed by atoms with Crippen molar-refractivity contribution in [3.8, 4) is 0 Å². The van der Waals surface area contributed by atoms with Gasteiger partial charge in [0.15, 0.2) is 0 Å². The van der Waals surface area contributed by atoms with Gasteiger partial charge in [0.2, 0.25) is 0 Å². The Bertz CT molecular complexity index is 432. The number of hydrogen-bond donors (Lipinski definition) is 1. The molecule has 1 aromatic rings. The van der Waals surface area contributed by atoms with Gasteiger partial charge in [0.05, 0.1) is 0 Å². The highest BCUT2D eigenvalue weighted by molar-refractivity contribution is 5.49. The third-order valence-electron chi connectivity index (χ3n) is 3.67. The summed E-state index contributed by atoms with van der Waals surface area (Å²) in [6.45, 7) is 8.40. The van der Waals surface area contributed by atoms with Crippen LogP contribution in [-0.4, -0.2) is 55.1 Å². The Balaban J connectivity index is 2.03. The number of hydrogen-bond acceptors (Lipinski definition) is 5. The average molecular weight is 277 g/mol. The number of aromatic nitrogens is 2. The van der Waals surface area contributed by atoms with E-state index in [1.165, 1.54) is 12.8 Å². The summed E-state index contributed by atoms with van der Waals surface area (Å²) in [7, 11) is 4.15. The van der Waals surface area contributed by atoms with Crippen LogP contribution in [0.5, 0.6) is 0 Å². The molecule has 1 N–H and O–H groups in total. The van der Waals surface area contributed by atoms with E-state index >= 15 is 0 Å². The van der Waals surface area contributed by atoms with E-state index < -0.39 is 0 Å². The predicted molar refractivity (Wildman–Crippen MR) is 84.4 cm³/mol. The minimum Gasteiger partial charge on any atom is -0.369 e. The maximum atomic E-state index is 4.60. The maximum Gasteiger partial charge on any atom is 0.134 e. The first-order valence-corrected chi connectivity index (χ1v) is 7.54. The molecule has 0 saturated carbocycles. The standard InChI is InChI=1S/C15H27N5/c1-12-6-5-8-20(11-12)15-10-14(17-13(2)18-15)16-7-9-19(3)4/h10,12H,5-9,11H2,1-4H3,(H,16,17,18). The molecule has 20 heavy (non-hydrogen) atoms. The normalized spacial score (nSPS) is 19.4. The van der Waals surface area contributed by atoms with E-state index in [9.17, 15) is 0 Å². The summed E-state index contributed by atoms with van der Waals surface area (Å²) in [4.78, 5) is 13.6. The lowest BCUT2D eigenvalue weighted by molar-refractivity contribution is 0.425. The highest BCUT2D eigenvalue weighted by Gasteiger charge is 2.18. The van der Waals surface area contributed by atoms with Crippen molar-refractivity contribution in [1.82, 2.24) is 14.9 Å². The molecule has 1 fully saturated rings. The quantitative estimate of drug-likeness (QED) is 0.892. The number of likely N-dealkylation sites (N-methyl/N-ethyl adjacent to an activating group) is 1. The zero-order valence-electron chi connectivity index (χ0n) is 13.2. The summed E-state index contributed by atoms with van der Waals surface area (Å²) >= 11 is 0. The largest absolute Gasteiger partial charge is 0.369 e. The SMILES string of the molecule is Cc1nc(NCCN(C)C)cc(N2CCCC(C)C2)n1. The van der Waals surface area contributed by atoms with Crippen LogP contribution in [0, 0.1) is 12.8 Å². The molecule has 2 rings (SSSR count). The number of anilines is 2. The zero-order valence-corrected chi connectivity index (χ0v) is 13.2. The second-order valence-electron chi connectivity index (χ2n) is 6.08. The molecule has 0 bridgehead atoms. The van der Waals surface area contributed by atoms with Crippen molar-refractivity contribution >= 4 is 11.6 Å². The number of aryl methyl sites for hydroxylation is 1. The van der Waals surface area contributed by atoms with Crippen molar-refractivity contribution in [2.75, 3.05) is 50.5 Å². The monoisotopic (exact) mass is 277 g/mol. The lowest BCUT2D eigenvalue weighted by atomic mass is 10.0. The van der Waals surface area contributed by atoms with E-state index in [0.29, 0.717) is 0 Å². The Labute approximate surface area is 122 Å². The summed E-state index contributed by atoms with van der Waals surface area (Å²) in [5.41, 5.74) is 0. The average Bonchev–Trinajstić information content (AvgIpc) is 2.37. The van der Waals surface area contributed by atoms with E-state index in [1.54, 1.807) is 0 Å². The molecule has 5 heteroatoms. The maximum absolute atomic E-state index is 4.60. The van der Waals surface area contributed by atoms with Crippen molar-refractivity contribution in [3.63, 3.8) is 0 Å². The predicted octanol–water partition coefficient (Wildman–Crippen LogP) is 1.99. The molecule has 0 spiro atoms. The Kier molecular flexibility index (Phi) is 5.17. The van der Waals surface area contributed by atoms with Crippen LogP contribution in [0.25, 0.3) is 0 Å². The first-order valence-electron chi connectivity index (χ1n) is 7.54. The van der Waals surface area contributed by atoms with Crippen LogP contribution in [0.1, 0.15) is 25.6 Å². The van der Waals surface area contributed by atoms with Crippen LogP contribution in [0.4, 0.5) is 11.6 Å². The van der Waals surface area contributed by atoms with Gasteiger partial charge in [-0.1, -0.05) is 6.92 Å². The third-order valence-corrected chi connectivity index (χ3v) is 3.67. The van der Waals surface area contributed by atoms with Crippen LogP contribution in [0.2, 0.25) is 0 Å². The molecular weight excluding hydrogens is 250 g/mol. The van der Waals surface area contributed by atoms with E-state index in [4.69, 9.17) is 0 Å².